The zero-order valence-electron chi connectivity index (χ0n) is 12.3. The summed E-state index contributed by atoms with van der Waals surface area (Å²) in [5.41, 5.74) is 10.2. The van der Waals surface area contributed by atoms with Crippen LogP contribution < -0.4 is 5.73 Å². The molecule has 0 saturated heterocycles. The number of imidazole rings is 1. The Morgan fingerprint density at radius 2 is 2.14 bits per heavy atom. The number of halogens is 1. The van der Waals surface area contributed by atoms with Crippen molar-refractivity contribution in [3.63, 3.8) is 0 Å². The van der Waals surface area contributed by atoms with Crippen molar-refractivity contribution in [3.05, 3.63) is 40.0 Å². The van der Waals surface area contributed by atoms with Crippen molar-refractivity contribution < 1.29 is 0 Å². The lowest BCUT2D eigenvalue weighted by Gasteiger charge is -2.16. The minimum atomic E-state index is 0.0904. The number of nitrogen functional groups attached to an aromatic ring is 1. The average molecular weight is 348 g/mol. The average Bonchev–Trinajstić information content (AvgIpc) is 2.95. The molecule has 1 unspecified atom stereocenters. The van der Waals surface area contributed by atoms with Crippen LogP contribution in [0.15, 0.2) is 28.7 Å². The van der Waals surface area contributed by atoms with Crippen molar-refractivity contribution in [2.45, 2.75) is 26.3 Å². The fraction of sp³-hybridized carbons (Fsp3) is 0.333. The van der Waals surface area contributed by atoms with E-state index in [4.69, 9.17) is 5.73 Å². The van der Waals surface area contributed by atoms with Crippen LogP contribution in [0.5, 0.6) is 0 Å². The molecule has 2 heterocycles. The molecule has 0 spiro atoms. The molecule has 0 aliphatic heterocycles. The molecule has 2 N–H and O–H groups in total. The Morgan fingerprint density at radius 3 is 2.81 bits per heavy atom. The van der Waals surface area contributed by atoms with Crippen molar-refractivity contribution in [2.75, 3.05) is 5.73 Å². The second kappa shape index (κ2) is 5.18. The number of fused-ring (bicyclic) bond motifs is 1. The molecule has 0 aliphatic rings. The molecule has 21 heavy (non-hydrogen) atoms. The second-order valence-electron chi connectivity index (χ2n) is 5.17. The van der Waals surface area contributed by atoms with E-state index in [-0.39, 0.29) is 6.04 Å². The largest absolute Gasteiger partial charge is 0.369 e. The van der Waals surface area contributed by atoms with E-state index in [0.29, 0.717) is 5.95 Å². The molecule has 3 rings (SSSR count). The van der Waals surface area contributed by atoms with E-state index in [1.54, 1.807) is 0 Å². The SMILES string of the molecule is CCc1nn(C)c2c1nc(N)n2C(C)c1cccc(Br)c1. The van der Waals surface area contributed by atoms with Gasteiger partial charge in [-0.05, 0) is 31.0 Å². The van der Waals surface area contributed by atoms with Crippen LogP contribution in [0.2, 0.25) is 0 Å². The summed E-state index contributed by atoms with van der Waals surface area (Å²) in [5, 5.41) is 4.53. The van der Waals surface area contributed by atoms with Crippen LogP contribution in [0.1, 0.15) is 31.1 Å². The van der Waals surface area contributed by atoms with E-state index in [9.17, 15) is 0 Å². The molecule has 0 saturated carbocycles. The maximum atomic E-state index is 6.17. The molecule has 1 atom stereocenters. The van der Waals surface area contributed by atoms with E-state index in [1.165, 1.54) is 5.56 Å². The van der Waals surface area contributed by atoms with Gasteiger partial charge in [-0.25, -0.2) is 4.98 Å². The third-order valence-electron chi connectivity index (χ3n) is 3.82. The molecular weight excluding hydrogens is 330 g/mol. The minimum Gasteiger partial charge on any atom is -0.369 e. The summed E-state index contributed by atoms with van der Waals surface area (Å²) in [6.07, 6.45) is 0.846. The van der Waals surface area contributed by atoms with E-state index >= 15 is 0 Å². The molecule has 2 aromatic heterocycles. The van der Waals surface area contributed by atoms with Crippen molar-refractivity contribution in [2.24, 2.45) is 7.05 Å². The first-order valence-electron chi connectivity index (χ1n) is 6.97. The maximum Gasteiger partial charge on any atom is 0.203 e. The summed E-state index contributed by atoms with van der Waals surface area (Å²) in [6.45, 7) is 4.20. The van der Waals surface area contributed by atoms with E-state index in [2.05, 4.69) is 52.0 Å². The first-order chi connectivity index (χ1) is 10.0. The molecule has 3 aromatic rings. The zero-order valence-corrected chi connectivity index (χ0v) is 13.9. The van der Waals surface area contributed by atoms with Crippen LogP contribution in [0.25, 0.3) is 11.2 Å². The summed E-state index contributed by atoms with van der Waals surface area (Å²) < 4.78 is 4.97. The molecule has 110 valence electrons. The number of rotatable bonds is 3. The molecule has 1 aromatic carbocycles. The lowest BCUT2D eigenvalue weighted by Crippen LogP contribution is -2.12. The molecular formula is C15H18BrN5. The van der Waals surface area contributed by atoms with Gasteiger partial charge in [-0.1, -0.05) is 35.0 Å². The third kappa shape index (κ3) is 2.23. The Morgan fingerprint density at radius 1 is 1.38 bits per heavy atom. The molecule has 0 fully saturated rings. The molecule has 0 radical (unpaired) electrons. The normalized spacial score (nSPS) is 13.0. The molecule has 6 heteroatoms. The highest BCUT2D eigenvalue weighted by Crippen LogP contribution is 2.29. The van der Waals surface area contributed by atoms with Crippen molar-refractivity contribution in [1.29, 1.82) is 0 Å². The van der Waals surface area contributed by atoms with Gasteiger partial charge in [-0.3, -0.25) is 9.25 Å². The number of aryl methyl sites for hydroxylation is 2. The fourth-order valence-electron chi connectivity index (χ4n) is 2.76. The highest BCUT2D eigenvalue weighted by atomic mass is 79.9. The van der Waals surface area contributed by atoms with Crippen LogP contribution in [-0.2, 0) is 13.5 Å². The predicted molar refractivity (Wildman–Crippen MR) is 88.2 cm³/mol. The molecule has 0 bridgehead atoms. The van der Waals surface area contributed by atoms with Crippen LogP contribution in [-0.4, -0.2) is 19.3 Å². The summed E-state index contributed by atoms with van der Waals surface area (Å²) in [7, 11) is 1.94. The van der Waals surface area contributed by atoms with Gasteiger partial charge in [-0.2, -0.15) is 5.10 Å². The number of anilines is 1. The Bertz CT molecular complexity index is 802. The van der Waals surface area contributed by atoms with Crippen LogP contribution in [0.4, 0.5) is 5.95 Å². The van der Waals surface area contributed by atoms with Gasteiger partial charge in [0.25, 0.3) is 0 Å². The number of hydrogen-bond donors (Lipinski definition) is 1. The first-order valence-corrected chi connectivity index (χ1v) is 7.77. The van der Waals surface area contributed by atoms with E-state index in [0.717, 1.165) is 27.8 Å². The zero-order chi connectivity index (χ0) is 15.1. The van der Waals surface area contributed by atoms with Gasteiger partial charge in [0.15, 0.2) is 5.65 Å². The van der Waals surface area contributed by atoms with Gasteiger partial charge < -0.3 is 5.73 Å². The Hall–Kier alpha value is -1.82. The Labute approximate surface area is 131 Å². The monoisotopic (exact) mass is 347 g/mol. The standard InChI is InChI=1S/C15H18BrN5/c1-4-12-13-14(20(3)19-12)21(15(17)18-13)9(2)10-6-5-7-11(16)8-10/h5-9H,4H2,1-3H3,(H2,17,18). The summed E-state index contributed by atoms with van der Waals surface area (Å²) in [4.78, 5) is 4.52. The Balaban J connectivity index is 2.20. The fourth-order valence-corrected chi connectivity index (χ4v) is 3.17. The number of hydrogen-bond acceptors (Lipinski definition) is 3. The van der Waals surface area contributed by atoms with Gasteiger partial charge in [0.2, 0.25) is 5.95 Å². The van der Waals surface area contributed by atoms with Gasteiger partial charge in [0.05, 0.1) is 11.7 Å². The number of aromatic nitrogens is 4. The van der Waals surface area contributed by atoms with Gasteiger partial charge >= 0.3 is 0 Å². The molecule has 5 nitrogen and oxygen atoms in total. The topological polar surface area (TPSA) is 61.7 Å². The third-order valence-corrected chi connectivity index (χ3v) is 4.31. The van der Waals surface area contributed by atoms with Crippen molar-refractivity contribution >= 4 is 33.0 Å². The van der Waals surface area contributed by atoms with E-state index < -0.39 is 0 Å². The van der Waals surface area contributed by atoms with E-state index in [1.807, 2.05) is 28.4 Å². The number of nitrogens with two attached hydrogens (primary N) is 1. The minimum absolute atomic E-state index is 0.0904. The smallest absolute Gasteiger partial charge is 0.203 e. The summed E-state index contributed by atoms with van der Waals surface area (Å²) in [6, 6.07) is 8.33. The van der Waals surface area contributed by atoms with Crippen molar-refractivity contribution in [3.8, 4) is 0 Å². The quantitative estimate of drug-likeness (QED) is 0.790. The van der Waals surface area contributed by atoms with Gasteiger partial charge in [-0.15, -0.1) is 0 Å². The predicted octanol–water partition coefficient (Wildman–Crippen LogP) is 3.29. The Kier molecular flexibility index (Phi) is 3.49. The summed E-state index contributed by atoms with van der Waals surface area (Å²) in [5.74, 6) is 0.528. The van der Waals surface area contributed by atoms with Crippen LogP contribution in [0.3, 0.4) is 0 Å². The lowest BCUT2D eigenvalue weighted by atomic mass is 10.1. The van der Waals surface area contributed by atoms with Crippen LogP contribution >= 0.6 is 15.9 Å². The number of nitrogens with zero attached hydrogens (tertiary/aromatic N) is 4. The van der Waals surface area contributed by atoms with Crippen molar-refractivity contribution in [1.82, 2.24) is 19.3 Å². The van der Waals surface area contributed by atoms with Gasteiger partial charge in [0, 0.05) is 11.5 Å². The summed E-state index contributed by atoms with van der Waals surface area (Å²) >= 11 is 3.52. The highest BCUT2D eigenvalue weighted by molar-refractivity contribution is 9.10. The molecule has 0 aliphatic carbocycles. The first kappa shape index (κ1) is 14.1. The maximum absolute atomic E-state index is 6.17. The second-order valence-corrected chi connectivity index (χ2v) is 6.08. The van der Waals surface area contributed by atoms with Crippen LogP contribution in [0, 0.1) is 0 Å². The highest BCUT2D eigenvalue weighted by Gasteiger charge is 2.21. The number of benzene rings is 1. The molecule has 0 amide bonds. The van der Waals surface area contributed by atoms with Gasteiger partial charge in [0.1, 0.15) is 5.52 Å². The lowest BCUT2D eigenvalue weighted by molar-refractivity contribution is 0.635.